The van der Waals surface area contributed by atoms with Crippen LogP contribution in [0.3, 0.4) is 0 Å². The highest BCUT2D eigenvalue weighted by Crippen LogP contribution is 2.22. The Balaban J connectivity index is 2.90. The zero-order chi connectivity index (χ0) is 10.7. The Morgan fingerprint density at radius 2 is 1.79 bits per heavy atom. The molecule has 1 aromatic carbocycles. The molecule has 2 N–H and O–H groups in total. The second-order valence-electron chi connectivity index (χ2n) is 4.71. The van der Waals surface area contributed by atoms with E-state index in [1.807, 2.05) is 0 Å². The largest absolute Gasteiger partial charge is 0.398 e. The van der Waals surface area contributed by atoms with Crippen LogP contribution in [0.25, 0.3) is 0 Å². The fraction of sp³-hybridized carbons (Fsp3) is 0.538. The van der Waals surface area contributed by atoms with Crippen molar-refractivity contribution in [1.82, 2.24) is 0 Å². The standard InChI is InChI=1S/C13H21N/c1-9(2)7-12-6-5-11(10(3)4)8-13(12)14/h5-6,8-10H,7,14H2,1-4H3. The second kappa shape index (κ2) is 4.50. The SMILES string of the molecule is CC(C)Cc1ccc(C(C)C)cc1N. The van der Waals surface area contributed by atoms with Crippen LogP contribution < -0.4 is 5.73 Å². The molecule has 1 nitrogen and oxygen atoms in total. The number of nitrogens with two attached hydrogens (primary N) is 1. The highest BCUT2D eigenvalue weighted by molar-refractivity contribution is 5.50. The number of nitrogen functional groups attached to an aromatic ring is 1. The van der Waals surface area contributed by atoms with E-state index in [1.165, 1.54) is 11.1 Å². The van der Waals surface area contributed by atoms with Gasteiger partial charge in [-0.2, -0.15) is 0 Å². The molecule has 78 valence electrons. The molecule has 1 heteroatoms. The van der Waals surface area contributed by atoms with Gasteiger partial charge in [-0.25, -0.2) is 0 Å². The Morgan fingerprint density at radius 1 is 1.14 bits per heavy atom. The molecule has 0 saturated heterocycles. The monoisotopic (exact) mass is 191 g/mol. The molecule has 1 aromatic rings. The van der Waals surface area contributed by atoms with Gasteiger partial charge in [0.2, 0.25) is 0 Å². The van der Waals surface area contributed by atoms with Gasteiger partial charge in [-0.3, -0.25) is 0 Å². The van der Waals surface area contributed by atoms with Crippen molar-refractivity contribution < 1.29 is 0 Å². The first-order valence-corrected chi connectivity index (χ1v) is 5.39. The lowest BCUT2D eigenvalue weighted by Gasteiger charge is -2.12. The predicted molar refractivity (Wildman–Crippen MR) is 63.5 cm³/mol. The number of rotatable bonds is 3. The zero-order valence-corrected chi connectivity index (χ0v) is 9.67. The summed E-state index contributed by atoms with van der Waals surface area (Å²) in [7, 11) is 0. The molecule has 0 aliphatic heterocycles. The molecule has 0 bridgehead atoms. The third kappa shape index (κ3) is 2.76. The lowest BCUT2D eigenvalue weighted by atomic mass is 9.96. The van der Waals surface area contributed by atoms with Gasteiger partial charge in [-0.15, -0.1) is 0 Å². The maximum absolute atomic E-state index is 6.01. The molecular weight excluding hydrogens is 170 g/mol. The topological polar surface area (TPSA) is 26.0 Å². The van der Waals surface area contributed by atoms with Crippen LogP contribution in [0.15, 0.2) is 18.2 Å². The van der Waals surface area contributed by atoms with E-state index in [0.717, 1.165) is 12.1 Å². The molecule has 0 heterocycles. The summed E-state index contributed by atoms with van der Waals surface area (Å²) in [5.41, 5.74) is 9.57. The summed E-state index contributed by atoms with van der Waals surface area (Å²) in [4.78, 5) is 0. The maximum atomic E-state index is 6.01. The summed E-state index contributed by atoms with van der Waals surface area (Å²) >= 11 is 0. The van der Waals surface area contributed by atoms with E-state index in [-0.39, 0.29) is 0 Å². The van der Waals surface area contributed by atoms with Crippen molar-refractivity contribution >= 4 is 5.69 Å². The van der Waals surface area contributed by atoms with Crippen molar-refractivity contribution in [2.45, 2.75) is 40.0 Å². The minimum Gasteiger partial charge on any atom is -0.398 e. The molecule has 0 unspecified atom stereocenters. The van der Waals surface area contributed by atoms with Gasteiger partial charge in [0.1, 0.15) is 0 Å². The molecule has 1 rings (SSSR count). The average Bonchev–Trinajstić information content (AvgIpc) is 2.07. The molecule has 0 radical (unpaired) electrons. The van der Waals surface area contributed by atoms with Gasteiger partial charge in [0, 0.05) is 5.69 Å². The maximum Gasteiger partial charge on any atom is 0.0349 e. The molecule has 0 aliphatic rings. The molecule has 0 fully saturated rings. The predicted octanol–water partition coefficient (Wildman–Crippen LogP) is 3.59. The molecule has 0 spiro atoms. The van der Waals surface area contributed by atoms with Crippen molar-refractivity contribution in [2.75, 3.05) is 5.73 Å². The lowest BCUT2D eigenvalue weighted by Crippen LogP contribution is -2.01. The minimum atomic E-state index is 0.561. The van der Waals surface area contributed by atoms with Crippen LogP contribution >= 0.6 is 0 Å². The van der Waals surface area contributed by atoms with Crippen molar-refractivity contribution in [3.8, 4) is 0 Å². The van der Waals surface area contributed by atoms with Gasteiger partial charge in [0.05, 0.1) is 0 Å². The number of benzene rings is 1. The van der Waals surface area contributed by atoms with Crippen molar-refractivity contribution in [1.29, 1.82) is 0 Å². The van der Waals surface area contributed by atoms with E-state index >= 15 is 0 Å². The van der Waals surface area contributed by atoms with E-state index in [4.69, 9.17) is 5.73 Å². The molecule has 0 amide bonds. The number of hydrogen-bond acceptors (Lipinski definition) is 1. The molecule has 0 atom stereocenters. The lowest BCUT2D eigenvalue weighted by molar-refractivity contribution is 0.648. The molecular formula is C13H21N. The number of anilines is 1. The summed E-state index contributed by atoms with van der Waals surface area (Å²) in [6, 6.07) is 6.48. The van der Waals surface area contributed by atoms with E-state index in [2.05, 4.69) is 45.9 Å². The number of hydrogen-bond donors (Lipinski definition) is 1. The van der Waals surface area contributed by atoms with Gasteiger partial charge in [-0.05, 0) is 35.4 Å². The summed E-state index contributed by atoms with van der Waals surface area (Å²) in [6.07, 6.45) is 1.07. The first-order chi connectivity index (χ1) is 6.50. The van der Waals surface area contributed by atoms with Crippen LogP contribution in [0, 0.1) is 5.92 Å². The zero-order valence-electron chi connectivity index (χ0n) is 9.67. The van der Waals surface area contributed by atoms with Gasteiger partial charge >= 0.3 is 0 Å². The Labute approximate surface area is 87.3 Å². The van der Waals surface area contributed by atoms with Gasteiger partial charge in [-0.1, -0.05) is 39.8 Å². The van der Waals surface area contributed by atoms with E-state index in [0.29, 0.717) is 11.8 Å². The van der Waals surface area contributed by atoms with Crippen molar-refractivity contribution in [3.05, 3.63) is 29.3 Å². The van der Waals surface area contributed by atoms with Crippen LogP contribution in [0.5, 0.6) is 0 Å². The normalized spacial score (nSPS) is 11.3. The third-order valence-corrected chi connectivity index (χ3v) is 2.46. The highest BCUT2D eigenvalue weighted by atomic mass is 14.6. The van der Waals surface area contributed by atoms with E-state index < -0.39 is 0 Å². The van der Waals surface area contributed by atoms with Gasteiger partial charge in [0.25, 0.3) is 0 Å². The minimum absolute atomic E-state index is 0.561. The van der Waals surface area contributed by atoms with Crippen LogP contribution in [-0.2, 0) is 6.42 Å². The van der Waals surface area contributed by atoms with Gasteiger partial charge < -0.3 is 5.73 Å². The second-order valence-corrected chi connectivity index (χ2v) is 4.71. The quantitative estimate of drug-likeness (QED) is 0.726. The van der Waals surface area contributed by atoms with Crippen LogP contribution in [0.1, 0.15) is 44.7 Å². The highest BCUT2D eigenvalue weighted by Gasteiger charge is 2.05. The first-order valence-electron chi connectivity index (χ1n) is 5.39. The summed E-state index contributed by atoms with van der Waals surface area (Å²) in [5.74, 6) is 1.23. The molecule has 14 heavy (non-hydrogen) atoms. The summed E-state index contributed by atoms with van der Waals surface area (Å²) in [6.45, 7) is 8.82. The van der Waals surface area contributed by atoms with Crippen LogP contribution in [-0.4, -0.2) is 0 Å². The smallest absolute Gasteiger partial charge is 0.0349 e. The summed E-state index contributed by atoms with van der Waals surface area (Å²) < 4.78 is 0. The van der Waals surface area contributed by atoms with E-state index in [9.17, 15) is 0 Å². The van der Waals surface area contributed by atoms with Crippen LogP contribution in [0.4, 0.5) is 5.69 Å². The van der Waals surface area contributed by atoms with Gasteiger partial charge in [0.15, 0.2) is 0 Å². The third-order valence-electron chi connectivity index (χ3n) is 2.46. The molecule has 0 aliphatic carbocycles. The fourth-order valence-electron chi connectivity index (χ4n) is 1.60. The fourth-order valence-corrected chi connectivity index (χ4v) is 1.60. The molecule has 0 aromatic heterocycles. The summed E-state index contributed by atoms with van der Waals surface area (Å²) in [5, 5.41) is 0. The van der Waals surface area contributed by atoms with E-state index in [1.54, 1.807) is 0 Å². The van der Waals surface area contributed by atoms with Crippen molar-refractivity contribution in [2.24, 2.45) is 5.92 Å². The Kier molecular flexibility index (Phi) is 3.56. The Bertz CT molecular complexity index is 300. The Morgan fingerprint density at radius 3 is 2.21 bits per heavy atom. The first kappa shape index (κ1) is 11.1. The average molecular weight is 191 g/mol. The van der Waals surface area contributed by atoms with Crippen LogP contribution in [0.2, 0.25) is 0 Å². The van der Waals surface area contributed by atoms with Crippen molar-refractivity contribution in [3.63, 3.8) is 0 Å². The Hall–Kier alpha value is -0.980. The molecule has 0 saturated carbocycles.